The highest BCUT2D eigenvalue weighted by atomic mass is 35.5. The number of carbonyl (C=O) groups is 1. The number of likely N-dealkylation sites (N-methyl/N-ethyl adjacent to an activating group) is 1. The Hall–Kier alpha value is -1.84. The first kappa shape index (κ1) is 22.4. The zero-order chi connectivity index (χ0) is 19.2. The molecule has 0 saturated carbocycles. The number of rotatable bonds is 7. The molecule has 28 heavy (non-hydrogen) atoms. The van der Waals surface area contributed by atoms with E-state index in [0.29, 0.717) is 18.5 Å². The predicted molar refractivity (Wildman–Crippen MR) is 120 cm³/mol. The summed E-state index contributed by atoms with van der Waals surface area (Å²) in [5, 5.41) is 0. The fourth-order valence-electron chi connectivity index (χ4n) is 4.17. The largest absolute Gasteiger partial charge is 0.341 e. The Bertz CT molecular complexity index is 728. The quantitative estimate of drug-likeness (QED) is 0.650. The third-order valence-electron chi connectivity index (χ3n) is 6.01. The van der Waals surface area contributed by atoms with Gasteiger partial charge in [0.05, 0.1) is 6.42 Å². The Balaban J connectivity index is 0.00000280. The lowest BCUT2D eigenvalue weighted by molar-refractivity contribution is -0.131. The van der Waals surface area contributed by atoms with Crippen LogP contribution in [0, 0.1) is 0 Å². The van der Waals surface area contributed by atoms with Crippen molar-refractivity contribution >= 4 is 18.3 Å². The number of amides is 1. The lowest BCUT2D eigenvalue weighted by Gasteiger charge is -2.28. The van der Waals surface area contributed by atoms with Crippen LogP contribution in [-0.4, -0.2) is 47.9 Å². The number of hydrogen-bond donors (Lipinski definition) is 0. The molecule has 0 aromatic heterocycles. The molecule has 1 unspecified atom stereocenters. The number of halogens is 1. The fraction of sp³-hybridized carbons (Fsp3) is 0.458. The van der Waals surface area contributed by atoms with Crippen molar-refractivity contribution in [3.05, 3.63) is 60.2 Å². The molecule has 1 aliphatic rings. The molecule has 0 spiro atoms. The van der Waals surface area contributed by atoms with Crippen LogP contribution in [0.25, 0.3) is 11.1 Å². The SMILES string of the molecule is CCC(CC)N1CCC(N(C)C(=O)Cc2ccc(-c3ccccc3)cc2)C1.Cl. The standard InChI is InChI=1S/C24H32N2O.ClH/c1-4-22(5-2)26-16-15-23(18-26)25(3)24(27)17-19-11-13-21(14-12-19)20-9-7-6-8-10-20;/h6-14,22-23H,4-5,15-18H2,1-3H3;1H. The smallest absolute Gasteiger partial charge is 0.227 e. The Morgan fingerprint density at radius 3 is 2.25 bits per heavy atom. The molecule has 3 nitrogen and oxygen atoms in total. The molecule has 1 atom stereocenters. The van der Waals surface area contributed by atoms with Gasteiger partial charge in [-0.25, -0.2) is 0 Å². The third kappa shape index (κ3) is 5.36. The van der Waals surface area contributed by atoms with Crippen LogP contribution in [0.3, 0.4) is 0 Å². The Morgan fingerprint density at radius 2 is 1.64 bits per heavy atom. The molecule has 0 N–H and O–H groups in total. The summed E-state index contributed by atoms with van der Waals surface area (Å²) in [5.41, 5.74) is 3.48. The second-order valence-electron chi connectivity index (χ2n) is 7.65. The molecule has 0 radical (unpaired) electrons. The molecule has 1 fully saturated rings. The van der Waals surface area contributed by atoms with Crippen LogP contribution >= 0.6 is 12.4 Å². The van der Waals surface area contributed by atoms with Gasteiger partial charge in [0.15, 0.2) is 0 Å². The highest BCUT2D eigenvalue weighted by Crippen LogP contribution is 2.22. The number of carbonyl (C=O) groups excluding carboxylic acids is 1. The van der Waals surface area contributed by atoms with Crippen LogP contribution in [0.5, 0.6) is 0 Å². The maximum Gasteiger partial charge on any atom is 0.227 e. The Morgan fingerprint density at radius 1 is 1.04 bits per heavy atom. The van der Waals surface area contributed by atoms with Crippen molar-refractivity contribution in [1.29, 1.82) is 0 Å². The monoisotopic (exact) mass is 400 g/mol. The minimum absolute atomic E-state index is 0. The highest BCUT2D eigenvalue weighted by molar-refractivity contribution is 5.85. The first-order chi connectivity index (χ1) is 13.1. The summed E-state index contributed by atoms with van der Waals surface area (Å²) in [6.45, 7) is 6.65. The topological polar surface area (TPSA) is 23.6 Å². The van der Waals surface area contributed by atoms with E-state index in [1.54, 1.807) is 0 Å². The van der Waals surface area contributed by atoms with E-state index >= 15 is 0 Å². The summed E-state index contributed by atoms with van der Waals surface area (Å²) in [6, 6.07) is 19.7. The average Bonchev–Trinajstić information content (AvgIpc) is 3.19. The first-order valence-electron chi connectivity index (χ1n) is 10.3. The van der Waals surface area contributed by atoms with Gasteiger partial charge in [-0.05, 0) is 36.0 Å². The molecule has 4 heteroatoms. The van der Waals surface area contributed by atoms with Gasteiger partial charge < -0.3 is 4.90 Å². The predicted octanol–water partition coefficient (Wildman–Crippen LogP) is 5.04. The van der Waals surface area contributed by atoms with Gasteiger partial charge in [-0.1, -0.05) is 68.4 Å². The van der Waals surface area contributed by atoms with Crippen molar-refractivity contribution in [2.24, 2.45) is 0 Å². The molecule has 0 aliphatic carbocycles. The Kier molecular flexibility index (Phi) is 8.53. The molecule has 1 heterocycles. The van der Waals surface area contributed by atoms with Crippen LogP contribution in [0.4, 0.5) is 0 Å². The summed E-state index contributed by atoms with van der Waals surface area (Å²) in [7, 11) is 1.97. The Labute approximate surface area is 176 Å². The summed E-state index contributed by atoms with van der Waals surface area (Å²) < 4.78 is 0. The van der Waals surface area contributed by atoms with E-state index in [0.717, 1.165) is 25.1 Å². The fourth-order valence-corrected chi connectivity index (χ4v) is 4.17. The van der Waals surface area contributed by atoms with Crippen LogP contribution in [0.15, 0.2) is 54.6 Å². The van der Waals surface area contributed by atoms with Gasteiger partial charge in [0.1, 0.15) is 0 Å². The van der Waals surface area contributed by atoms with Gasteiger partial charge in [-0.2, -0.15) is 0 Å². The zero-order valence-corrected chi connectivity index (χ0v) is 18.1. The lowest BCUT2D eigenvalue weighted by Crippen LogP contribution is -2.41. The zero-order valence-electron chi connectivity index (χ0n) is 17.3. The molecular weight excluding hydrogens is 368 g/mol. The molecule has 1 saturated heterocycles. The van der Waals surface area contributed by atoms with Crippen LogP contribution in [-0.2, 0) is 11.2 Å². The molecule has 0 bridgehead atoms. The summed E-state index contributed by atoms with van der Waals surface area (Å²) in [4.78, 5) is 17.3. The van der Waals surface area contributed by atoms with Gasteiger partial charge in [0.25, 0.3) is 0 Å². The molecule has 3 rings (SSSR count). The van der Waals surface area contributed by atoms with Gasteiger partial charge in [-0.3, -0.25) is 9.69 Å². The molecular formula is C24H33ClN2O. The van der Waals surface area contributed by atoms with Crippen molar-refractivity contribution in [3.63, 3.8) is 0 Å². The van der Waals surface area contributed by atoms with E-state index in [4.69, 9.17) is 0 Å². The van der Waals surface area contributed by atoms with Crippen LogP contribution in [0.1, 0.15) is 38.7 Å². The molecule has 152 valence electrons. The van der Waals surface area contributed by atoms with Crippen LogP contribution in [0.2, 0.25) is 0 Å². The van der Waals surface area contributed by atoms with E-state index in [-0.39, 0.29) is 18.3 Å². The lowest BCUT2D eigenvalue weighted by atomic mass is 10.0. The van der Waals surface area contributed by atoms with E-state index in [9.17, 15) is 4.79 Å². The van der Waals surface area contributed by atoms with E-state index in [1.807, 2.05) is 30.1 Å². The number of hydrogen-bond acceptors (Lipinski definition) is 2. The van der Waals surface area contributed by atoms with Gasteiger partial charge in [0.2, 0.25) is 5.91 Å². The third-order valence-corrected chi connectivity index (χ3v) is 6.01. The maximum absolute atomic E-state index is 12.8. The van der Waals surface area contributed by atoms with Gasteiger partial charge in [0, 0.05) is 32.2 Å². The first-order valence-corrected chi connectivity index (χ1v) is 10.3. The maximum atomic E-state index is 12.8. The van der Waals surface area contributed by atoms with Gasteiger partial charge in [-0.15, -0.1) is 12.4 Å². The highest BCUT2D eigenvalue weighted by Gasteiger charge is 2.30. The average molecular weight is 401 g/mol. The normalized spacial score (nSPS) is 16.8. The van der Waals surface area contributed by atoms with E-state index < -0.39 is 0 Å². The minimum atomic E-state index is 0. The number of benzene rings is 2. The molecule has 2 aromatic carbocycles. The summed E-state index contributed by atoms with van der Waals surface area (Å²) in [6.07, 6.45) is 3.95. The van der Waals surface area contributed by atoms with Crippen molar-refractivity contribution in [3.8, 4) is 11.1 Å². The van der Waals surface area contributed by atoms with Crippen molar-refractivity contribution in [2.75, 3.05) is 20.1 Å². The van der Waals surface area contributed by atoms with Gasteiger partial charge >= 0.3 is 0 Å². The van der Waals surface area contributed by atoms with Crippen LogP contribution < -0.4 is 0 Å². The summed E-state index contributed by atoms with van der Waals surface area (Å²) >= 11 is 0. The molecule has 2 aromatic rings. The van der Waals surface area contributed by atoms with Crippen molar-refractivity contribution in [1.82, 2.24) is 9.80 Å². The van der Waals surface area contributed by atoms with E-state index in [2.05, 4.69) is 55.1 Å². The molecule has 1 aliphatic heterocycles. The number of nitrogens with zero attached hydrogens (tertiary/aromatic N) is 2. The van der Waals surface area contributed by atoms with E-state index in [1.165, 1.54) is 24.0 Å². The number of likely N-dealkylation sites (tertiary alicyclic amines) is 1. The van der Waals surface area contributed by atoms with Crippen molar-refractivity contribution in [2.45, 2.75) is 51.6 Å². The van der Waals surface area contributed by atoms with Crippen molar-refractivity contribution < 1.29 is 4.79 Å². The second-order valence-corrected chi connectivity index (χ2v) is 7.65. The summed E-state index contributed by atoms with van der Waals surface area (Å²) in [5.74, 6) is 0.221. The minimum Gasteiger partial charge on any atom is -0.341 e. The second kappa shape index (κ2) is 10.6. The molecule has 1 amide bonds.